The molecule has 0 aromatic carbocycles. The molecule has 0 fully saturated rings. The fraction of sp³-hybridized carbons (Fsp3) is 1.00. The summed E-state index contributed by atoms with van der Waals surface area (Å²) in [5, 5.41) is 0. The molecular weight excluding hydrogens is 272 g/mol. The average Bonchev–Trinajstić information content (AvgIpc) is 2.48. The van der Waals surface area contributed by atoms with Crippen LogP contribution < -0.4 is 0 Å². The molecule has 2 nitrogen and oxygen atoms in total. The van der Waals surface area contributed by atoms with Gasteiger partial charge in [-0.25, -0.2) is 0 Å². The third-order valence-electron chi connectivity index (χ3n) is 4.37. The summed E-state index contributed by atoms with van der Waals surface area (Å²) in [6, 6.07) is 0. The van der Waals surface area contributed by atoms with Crippen LogP contribution in [0.15, 0.2) is 0 Å². The maximum Gasteiger partial charge on any atom is 0.0578 e. The Labute approximate surface area is 140 Å². The second-order valence-corrected chi connectivity index (χ2v) is 6.66. The van der Waals surface area contributed by atoms with Crippen molar-refractivity contribution in [1.82, 2.24) is 0 Å². The zero-order chi connectivity index (χ0) is 15.8. The van der Waals surface area contributed by atoms with E-state index in [0.29, 0.717) is 12.2 Å². The van der Waals surface area contributed by atoms with Gasteiger partial charge in [-0.3, -0.25) is 0 Å². The third kappa shape index (κ3) is 14.8. The summed E-state index contributed by atoms with van der Waals surface area (Å²) in [6.07, 6.45) is 19.5. The quantitative estimate of drug-likeness (QED) is 0.301. The molecule has 0 bridgehead atoms. The van der Waals surface area contributed by atoms with Gasteiger partial charge in [0.25, 0.3) is 0 Å². The molecule has 0 aliphatic heterocycles. The molecule has 2 N–H and O–H groups in total. The molecule has 0 heterocycles. The zero-order valence-electron chi connectivity index (χ0n) is 16.0. The minimum absolute atomic E-state index is 0. The molecule has 0 spiro atoms. The van der Waals surface area contributed by atoms with Gasteiger partial charge in [0.05, 0.1) is 12.2 Å². The van der Waals surface area contributed by atoms with Crippen LogP contribution in [0.1, 0.15) is 118 Å². The van der Waals surface area contributed by atoms with Crippen LogP contribution in [-0.4, -0.2) is 17.7 Å². The molecule has 136 valence electrons. The first-order valence-electron chi connectivity index (χ1n) is 9.93. The minimum atomic E-state index is 0. The Morgan fingerprint density at radius 3 is 1.23 bits per heavy atom. The Morgan fingerprint density at radius 1 is 0.500 bits per heavy atom. The third-order valence-corrected chi connectivity index (χ3v) is 4.37. The summed E-state index contributed by atoms with van der Waals surface area (Å²) in [6.45, 7) is 9.15. The van der Waals surface area contributed by atoms with Crippen LogP contribution in [0.3, 0.4) is 0 Å². The maximum absolute atomic E-state index is 6.49. The molecule has 0 saturated heterocycles. The van der Waals surface area contributed by atoms with E-state index in [4.69, 9.17) is 4.74 Å². The standard InChI is InChI=1S/C20H42O.H2O/c1-5-9-11-13-17-19(15-7-3)21-20(16-8-4)18-14-12-10-6-2;/h19-20H,5-18H2,1-4H3;1H2. The highest BCUT2D eigenvalue weighted by atomic mass is 16.5. The second kappa shape index (κ2) is 19.0. The van der Waals surface area contributed by atoms with Crippen molar-refractivity contribution in [3.63, 3.8) is 0 Å². The highest BCUT2D eigenvalue weighted by Gasteiger charge is 2.15. The van der Waals surface area contributed by atoms with Gasteiger partial charge < -0.3 is 10.2 Å². The number of ether oxygens (including phenoxy) is 1. The molecule has 0 saturated carbocycles. The number of rotatable bonds is 16. The lowest BCUT2D eigenvalue weighted by molar-refractivity contribution is -0.0308. The number of hydrogen-bond acceptors (Lipinski definition) is 1. The Morgan fingerprint density at radius 2 is 0.909 bits per heavy atom. The molecule has 2 heteroatoms. The van der Waals surface area contributed by atoms with Gasteiger partial charge in [0.2, 0.25) is 0 Å². The summed E-state index contributed by atoms with van der Waals surface area (Å²) in [5.41, 5.74) is 0. The summed E-state index contributed by atoms with van der Waals surface area (Å²) < 4.78 is 6.49. The lowest BCUT2D eigenvalue weighted by Crippen LogP contribution is -2.22. The van der Waals surface area contributed by atoms with Crippen LogP contribution in [-0.2, 0) is 4.74 Å². The SMILES string of the molecule is CCCCCCC(CCC)OC(CCC)CCCCCC.O. The van der Waals surface area contributed by atoms with Crippen molar-refractivity contribution in [3.8, 4) is 0 Å². The predicted octanol–water partition coefficient (Wildman–Crippen LogP) is 6.46. The summed E-state index contributed by atoms with van der Waals surface area (Å²) >= 11 is 0. The van der Waals surface area contributed by atoms with Gasteiger partial charge in [-0.05, 0) is 25.7 Å². The first kappa shape index (κ1) is 24.2. The second-order valence-electron chi connectivity index (χ2n) is 6.66. The van der Waals surface area contributed by atoms with Gasteiger partial charge in [0.1, 0.15) is 0 Å². The fourth-order valence-corrected chi connectivity index (χ4v) is 3.07. The number of unbranched alkanes of at least 4 members (excludes halogenated alkanes) is 6. The molecule has 0 aliphatic carbocycles. The molecule has 0 radical (unpaired) electrons. The average molecular weight is 317 g/mol. The van der Waals surface area contributed by atoms with E-state index in [1.807, 2.05) is 0 Å². The molecule has 0 aromatic rings. The van der Waals surface area contributed by atoms with Gasteiger partial charge >= 0.3 is 0 Å². The van der Waals surface area contributed by atoms with E-state index >= 15 is 0 Å². The van der Waals surface area contributed by atoms with Crippen LogP contribution in [0.4, 0.5) is 0 Å². The normalized spacial score (nSPS) is 13.6. The molecule has 0 rings (SSSR count). The number of hydrogen-bond donors (Lipinski definition) is 0. The first-order valence-corrected chi connectivity index (χ1v) is 9.93. The van der Waals surface area contributed by atoms with Crippen LogP contribution in [0.25, 0.3) is 0 Å². The van der Waals surface area contributed by atoms with E-state index in [2.05, 4.69) is 27.7 Å². The van der Waals surface area contributed by atoms with Gasteiger partial charge in [-0.1, -0.05) is 91.9 Å². The van der Waals surface area contributed by atoms with Crippen LogP contribution in [0.2, 0.25) is 0 Å². The molecule has 2 unspecified atom stereocenters. The Hall–Kier alpha value is -0.0800. The molecule has 0 aliphatic rings. The Kier molecular flexibility index (Phi) is 20.8. The zero-order valence-corrected chi connectivity index (χ0v) is 16.0. The predicted molar refractivity (Wildman–Crippen MR) is 99.6 cm³/mol. The van der Waals surface area contributed by atoms with Crippen molar-refractivity contribution in [2.24, 2.45) is 0 Å². The van der Waals surface area contributed by atoms with Gasteiger partial charge in [-0.2, -0.15) is 0 Å². The molecular formula is C20H44O2. The van der Waals surface area contributed by atoms with E-state index in [9.17, 15) is 0 Å². The Balaban J connectivity index is 0. The maximum atomic E-state index is 6.49. The van der Waals surface area contributed by atoms with Crippen molar-refractivity contribution in [2.75, 3.05) is 0 Å². The van der Waals surface area contributed by atoms with Crippen LogP contribution in [0.5, 0.6) is 0 Å². The molecule has 2 atom stereocenters. The van der Waals surface area contributed by atoms with Gasteiger partial charge in [0.15, 0.2) is 0 Å². The summed E-state index contributed by atoms with van der Waals surface area (Å²) in [5.74, 6) is 0. The van der Waals surface area contributed by atoms with Crippen molar-refractivity contribution in [2.45, 2.75) is 130 Å². The highest BCUT2D eigenvalue weighted by Crippen LogP contribution is 2.20. The molecule has 0 amide bonds. The molecule has 22 heavy (non-hydrogen) atoms. The summed E-state index contributed by atoms with van der Waals surface area (Å²) in [7, 11) is 0. The first-order chi connectivity index (χ1) is 10.3. The van der Waals surface area contributed by atoms with E-state index in [1.165, 1.54) is 89.9 Å². The summed E-state index contributed by atoms with van der Waals surface area (Å²) in [4.78, 5) is 0. The van der Waals surface area contributed by atoms with E-state index < -0.39 is 0 Å². The minimum Gasteiger partial charge on any atom is -0.412 e. The van der Waals surface area contributed by atoms with Crippen molar-refractivity contribution < 1.29 is 10.2 Å². The lowest BCUT2D eigenvalue weighted by atomic mass is 10.0. The smallest absolute Gasteiger partial charge is 0.0578 e. The van der Waals surface area contributed by atoms with Crippen molar-refractivity contribution in [3.05, 3.63) is 0 Å². The monoisotopic (exact) mass is 316 g/mol. The van der Waals surface area contributed by atoms with Crippen molar-refractivity contribution >= 4 is 0 Å². The van der Waals surface area contributed by atoms with E-state index in [1.54, 1.807) is 0 Å². The largest absolute Gasteiger partial charge is 0.412 e. The highest BCUT2D eigenvalue weighted by molar-refractivity contribution is 4.65. The van der Waals surface area contributed by atoms with E-state index in [0.717, 1.165) is 0 Å². The lowest BCUT2D eigenvalue weighted by Gasteiger charge is -2.25. The van der Waals surface area contributed by atoms with Gasteiger partial charge in [-0.15, -0.1) is 0 Å². The molecule has 0 aromatic heterocycles. The van der Waals surface area contributed by atoms with Crippen molar-refractivity contribution in [1.29, 1.82) is 0 Å². The van der Waals surface area contributed by atoms with Gasteiger partial charge in [0, 0.05) is 0 Å². The van der Waals surface area contributed by atoms with Crippen LogP contribution in [0, 0.1) is 0 Å². The fourth-order valence-electron chi connectivity index (χ4n) is 3.07. The Bertz CT molecular complexity index is 174. The van der Waals surface area contributed by atoms with Crippen LogP contribution >= 0.6 is 0 Å². The van der Waals surface area contributed by atoms with E-state index in [-0.39, 0.29) is 5.48 Å². The topological polar surface area (TPSA) is 40.7 Å².